The predicted octanol–water partition coefficient (Wildman–Crippen LogP) is -1.12. The van der Waals surface area contributed by atoms with E-state index in [0.717, 1.165) is 10.9 Å². The van der Waals surface area contributed by atoms with Gasteiger partial charge in [0, 0.05) is 50.0 Å². The number of imidazole rings is 1. The molecule has 3 heterocycles. The van der Waals surface area contributed by atoms with Crippen LogP contribution in [0.15, 0.2) is 78.3 Å². The van der Waals surface area contributed by atoms with Crippen LogP contribution >= 0.6 is 0 Å². The van der Waals surface area contributed by atoms with Crippen LogP contribution in [0.3, 0.4) is 0 Å². The highest BCUT2D eigenvalue weighted by molar-refractivity contribution is 5.99. The molecule has 73 heavy (non-hydrogen) atoms. The van der Waals surface area contributed by atoms with Crippen LogP contribution in [0.4, 0.5) is 0 Å². The number of benzene rings is 2. The number of fused-ring (bicyclic) bond motifs is 1. The topological polar surface area (TPSA) is 385 Å². The summed E-state index contributed by atoms with van der Waals surface area (Å²) in [6, 6.07) is 6.42. The Morgan fingerprint density at radius 3 is 2.16 bits per heavy atom. The summed E-state index contributed by atoms with van der Waals surface area (Å²) in [7, 11) is 0. The van der Waals surface area contributed by atoms with Gasteiger partial charge in [0.2, 0.25) is 53.2 Å². The molecule has 7 atom stereocenters. The maximum absolute atomic E-state index is 14.7. The van der Waals surface area contributed by atoms with Crippen molar-refractivity contribution < 1.29 is 43.2 Å². The number of nitrogens with two attached hydrogens (primary N) is 3. The Morgan fingerprint density at radius 2 is 1.47 bits per heavy atom. The molecule has 9 amide bonds. The molecule has 0 spiro atoms. The van der Waals surface area contributed by atoms with Crippen molar-refractivity contribution in [3.05, 3.63) is 90.1 Å². The summed E-state index contributed by atoms with van der Waals surface area (Å²) >= 11 is 0. The molecule has 0 aliphatic carbocycles. The zero-order valence-corrected chi connectivity index (χ0v) is 41.0. The Hall–Kier alpha value is -8.31. The van der Waals surface area contributed by atoms with Gasteiger partial charge < -0.3 is 69.7 Å². The highest BCUT2D eigenvalue weighted by Crippen LogP contribution is 2.20. The van der Waals surface area contributed by atoms with Crippen LogP contribution in [0.5, 0.6) is 0 Å². The Balaban J connectivity index is 1.55. The minimum absolute atomic E-state index is 0.0381. The van der Waals surface area contributed by atoms with Crippen molar-refractivity contribution in [1.29, 1.82) is 0 Å². The van der Waals surface area contributed by atoms with E-state index in [2.05, 4.69) is 62.5 Å². The summed E-state index contributed by atoms with van der Waals surface area (Å²) in [5.74, 6) is -7.26. The first-order valence-corrected chi connectivity index (χ1v) is 24.3. The number of carbonyl (C=O) groups is 9. The van der Waals surface area contributed by atoms with E-state index in [4.69, 9.17) is 17.2 Å². The second-order valence-corrected chi connectivity index (χ2v) is 17.8. The van der Waals surface area contributed by atoms with Gasteiger partial charge in [-0.15, -0.1) is 0 Å². The van der Waals surface area contributed by atoms with E-state index in [1.54, 1.807) is 36.5 Å². The summed E-state index contributed by atoms with van der Waals surface area (Å²) in [6.07, 6.45) is 5.58. The van der Waals surface area contributed by atoms with Gasteiger partial charge in [-0.3, -0.25) is 48.1 Å². The van der Waals surface area contributed by atoms with E-state index in [0.29, 0.717) is 24.0 Å². The highest BCUT2D eigenvalue weighted by Gasteiger charge is 2.36. The SMILES string of the molecule is CCCC[C@H](NC(C)=O)C(=O)NC1CC(=O)NCCCC[C@@H](C(N)=O)NC(=O)[C@H](Cc2c[nH]c3ccccc23)NC(=O)[C@H](CCCN=C(N)N)NC(=O)[C@H](Cc2ccccc2)NC(=O)C(c2cnc[nH]2)NC1=O. The summed E-state index contributed by atoms with van der Waals surface area (Å²) < 4.78 is 0. The number of aliphatic imine (C=N–C) groups is 1. The number of guanidine groups is 1. The number of rotatable bonds is 16. The standard InChI is InChI=1S/C49H67N15O9/c1-3-4-16-34(58-28(2)65)43(68)62-38-24-40(66)54-20-11-10-18-33(42(50)67)59-46(71)37(23-30-25-56-32-17-9-8-15-31(30)32)61-44(69)35(19-12-21-55-49(51)52)60-45(70)36(22-29-13-6-5-7-14-29)63-48(73)41(64-47(38)72)39-26-53-27-57-39/h5-9,13-15,17,25-27,33-38,41,56H,3-4,10-12,16,18-24H2,1-2H3,(H2,50,67)(H,53,57)(H,54,66)(H,58,65)(H,59,71)(H,60,70)(H,61,69)(H,62,68)(H,63,73)(H,64,72)(H4,51,52,55)/t33-,34-,35-,36-,37-,38?,41?/m0/s1. The fraction of sp³-hybridized carbons (Fsp3) is 0.449. The Labute approximate surface area is 421 Å². The van der Waals surface area contributed by atoms with Gasteiger partial charge in [-0.25, -0.2) is 4.98 Å². The average molecular weight is 1010 g/mol. The largest absolute Gasteiger partial charge is 0.370 e. The second kappa shape index (κ2) is 27.9. The molecule has 1 aliphatic rings. The third kappa shape index (κ3) is 17.5. The molecule has 1 fully saturated rings. The lowest BCUT2D eigenvalue weighted by Crippen LogP contribution is -2.59. The molecular weight excluding hydrogens is 943 g/mol. The van der Waals surface area contributed by atoms with Crippen LogP contribution < -0.4 is 59.7 Å². The smallest absolute Gasteiger partial charge is 0.249 e. The summed E-state index contributed by atoms with van der Waals surface area (Å²) in [6.45, 7) is 3.24. The lowest BCUT2D eigenvalue weighted by molar-refractivity contribution is -0.136. The molecule has 0 saturated carbocycles. The molecule has 16 N–H and O–H groups in total. The molecule has 0 bridgehead atoms. The average Bonchev–Trinajstić information content (AvgIpc) is 4.04. The zero-order valence-electron chi connectivity index (χ0n) is 41.0. The van der Waals surface area contributed by atoms with Gasteiger partial charge in [-0.05, 0) is 55.7 Å². The third-order valence-corrected chi connectivity index (χ3v) is 12.1. The number of hydrogen-bond donors (Lipinski definition) is 13. The maximum Gasteiger partial charge on any atom is 0.249 e. The van der Waals surface area contributed by atoms with Gasteiger partial charge in [-0.1, -0.05) is 68.3 Å². The number of H-pyrrole nitrogens is 2. The molecule has 4 aromatic rings. The van der Waals surface area contributed by atoms with Gasteiger partial charge in [-0.2, -0.15) is 0 Å². The number of amides is 9. The second-order valence-electron chi connectivity index (χ2n) is 17.8. The molecular formula is C49H67N15O9. The number of nitrogens with one attached hydrogen (secondary N) is 10. The minimum atomic E-state index is -1.60. The number of para-hydroxylation sites is 1. The van der Waals surface area contributed by atoms with Crippen LogP contribution in [0, 0.1) is 0 Å². The fourth-order valence-corrected chi connectivity index (χ4v) is 8.23. The molecule has 392 valence electrons. The van der Waals surface area contributed by atoms with Crippen LogP contribution in [0.25, 0.3) is 10.9 Å². The van der Waals surface area contributed by atoms with Crippen molar-refractivity contribution >= 4 is 70.0 Å². The first-order chi connectivity index (χ1) is 35.0. The number of carbonyl (C=O) groups excluding carboxylic acids is 9. The van der Waals surface area contributed by atoms with Crippen molar-refractivity contribution in [3.8, 4) is 0 Å². The molecule has 2 aromatic heterocycles. The molecule has 1 aliphatic heterocycles. The van der Waals surface area contributed by atoms with Gasteiger partial charge >= 0.3 is 0 Å². The molecule has 5 rings (SSSR count). The summed E-state index contributed by atoms with van der Waals surface area (Å²) in [5, 5.41) is 22.2. The van der Waals surface area contributed by atoms with E-state index in [1.165, 1.54) is 19.4 Å². The van der Waals surface area contributed by atoms with Crippen LogP contribution in [-0.2, 0) is 56.0 Å². The lowest BCUT2D eigenvalue weighted by atomic mass is 10.0. The van der Waals surface area contributed by atoms with E-state index >= 15 is 0 Å². The Morgan fingerprint density at radius 1 is 0.781 bits per heavy atom. The first kappa shape index (κ1) is 55.6. The Kier molecular flexibility index (Phi) is 21.3. The maximum atomic E-state index is 14.7. The van der Waals surface area contributed by atoms with Crippen LogP contribution in [-0.4, -0.2) is 123 Å². The van der Waals surface area contributed by atoms with Crippen molar-refractivity contribution in [3.63, 3.8) is 0 Å². The van der Waals surface area contributed by atoms with E-state index in [1.807, 2.05) is 31.2 Å². The van der Waals surface area contributed by atoms with E-state index in [-0.39, 0.29) is 76.1 Å². The quantitative estimate of drug-likeness (QED) is 0.0361. The minimum Gasteiger partial charge on any atom is -0.370 e. The van der Waals surface area contributed by atoms with Gasteiger partial charge in [0.05, 0.1) is 24.6 Å². The van der Waals surface area contributed by atoms with Gasteiger partial charge in [0.15, 0.2) is 5.96 Å². The van der Waals surface area contributed by atoms with Crippen molar-refractivity contribution in [2.75, 3.05) is 13.1 Å². The normalized spacial score (nSPS) is 21.5. The molecule has 0 radical (unpaired) electrons. The monoisotopic (exact) mass is 1010 g/mol. The number of unbranched alkanes of at least 4 members (excludes halogenated alkanes) is 1. The van der Waals surface area contributed by atoms with Gasteiger partial charge in [0.25, 0.3) is 0 Å². The molecule has 2 unspecified atom stereocenters. The summed E-state index contributed by atoms with van der Waals surface area (Å²) in [4.78, 5) is 139. The van der Waals surface area contributed by atoms with Gasteiger partial charge in [0.1, 0.15) is 42.3 Å². The molecule has 24 nitrogen and oxygen atoms in total. The fourth-order valence-electron chi connectivity index (χ4n) is 8.23. The number of hydrogen-bond acceptors (Lipinski definition) is 11. The molecule has 1 saturated heterocycles. The summed E-state index contributed by atoms with van der Waals surface area (Å²) in [5.41, 5.74) is 19.0. The van der Waals surface area contributed by atoms with E-state index < -0.39 is 102 Å². The Bertz CT molecular complexity index is 2560. The zero-order chi connectivity index (χ0) is 52.9. The number of nitrogens with zero attached hydrogens (tertiary/aromatic N) is 2. The third-order valence-electron chi connectivity index (χ3n) is 12.1. The molecule has 24 heteroatoms. The molecule has 2 aromatic carbocycles. The van der Waals surface area contributed by atoms with Crippen LogP contribution in [0.1, 0.15) is 94.5 Å². The number of primary amides is 1. The number of aromatic nitrogens is 3. The van der Waals surface area contributed by atoms with Crippen LogP contribution in [0.2, 0.25) is 0 Å². The highest BCUT2D eigenvalue weighted by atomic mass is 16.2. The van der Waals surface area contributed by atoms with Crippen molar-refractivity contribution in [1.82, 2.24) is 57.5 Å². The van der Waals surface area contributed by atoms with E-state index in [9.17, 15) is 43.2 Å². The number of aromatic amines is 2. The van der Waals surface area contributed by atoms with Crippen molar-refractivity contribution in [2.45, 2.75) is 127 Å². The van der Waals surface area contributed by atoms with Crippen molar-refractivity contribution in [2.24, 2.45) is 22.2 Å². The first-order valence-electron chi connectivity index (χ1n) is 24.3. The predicted molar refractivity (Wildman–Crippen MR) is 269 cm³/mol. The lowest BCUT2D eigenvalue weighted by Gasteiger charge is -2.27.